The van der Waals surface area contributed by atoms with Gasteiger partial charge in [0.1, 0.15) is 11.3 Å². The van der Waals surface area contributed by atoms with Gasteiger partial charge in [-0.2, -0.15) is 13.2 Å². The molecule has 0 bridgehead atoms. The first-order valence-corrected chi connectivity index (χ1v) is 13.4. The molecular formula is C26H29F3N2O5S. The average molecular weight is 539 g/mol. The molecule has 0 aromatic heterocycles. The van der Waals surface area contributed by atoms with Crippen LogP contribution in [0.15, 0.2) is 54.1 Å². The lowest BCUT2D eigenvalue weighted by Gasteiger charge is -2.37. The third-order valence-corrected chi connectivity index (χ3v) is 7.33. The molecule has 1 atom stereocenters. The summed E-state index contributed by atoms with van der Waals surface area (Å²) in [4.78, 5) is 26.1. The summed E-state index contributed by atoms with van der Waals surface area (Å²) in [6.45, 7) is 4.96. The third kappa shape index (κ3) is 7.34. The van der Waals surface area contributed by atoms with E-state index in [0.29, 0.717) is 22.4 Å². The van der Waals surface area contributed by atoms with Gasteiger partial charge in [0, 0.05) is 12.8 Å². The molecule has 0 spiro atoms. The summed E-state index contributed by atoms with van der Waals surface area (Å²) in [5.74, 6) is -1.66. The highest BCUT2D eigenvalue weighted by Crippen LogP contribution is 2.39. The van der Waals surface area contributed by atoms with Crippen LogP contribution in [0, 0.1) is 6.92 Å². The van der Waals surface area contributed by atoms with Gasteiger partial charge in [-0.25, -0.2) is 13.1 Å². The predicted molar refractivity (Wildman–Crippen MR) is 133 cm³/mol. The normalized spacial score (nSPS) is 18.4. The van der Waals surface area contributed by atoms with Crippen molar-refractivity contribution in [1.82, 2.24) is 10.0 Å². The maximum absolute atomic E-state index is 13.2. The van der Waals surface area contributed by atoms with Gasteiger partial charge in [-0.1, -0.05) is 42.0 Å². The molecule has 2 aromatic carbocycles. The highest BCUT2D eigenvalue weighted by atomic mass is 32.2. The second-order valence-electron chi connectivity index (χ2n) is 9.11. The smallest absolute Gasteiger partial charge is 0.389 e. The van der Waals surface area contributed by atoms with Crippen molar-refractivity contribution < 1.29 is 35.9 Å². The van der Waals surface area contributed by atoms with Gasteiger partial charge in [0.2, 0.25) is 10.0 Å². The van der Waals surface area contributed by atoms with Crippen LogP contribution in [0.25, 0.3) is 5.57 Å². The van der Waals surface area contributed by atoms with Crippen molar-refractivity contribution in [3.63, 3.8) is 0 Å². The lowest BCUT2D eigenvalue weighted by Crippen LogP contribution is -2.50. The Labute approximate surface area is 214 Å². The number of sulfonamides is 1. The second kappa shape index (κ2) is 11.0. The van der Waals surface area contributed by atoms with Crippen molar-refractivity contribution in [1.29, 1.82) is 0 Å². The number of nitrogens with one attached hydrogen (secondary N) is 2. The first kappa shape index (κ1) is 28.2. The zero-order valence-electron chi connectivity index (χ0n) is 20.7. The average Bonchev–Trinajstić information content (AvgIpc) is 2.81. The molecule has 0 fully saturated rings. The molecule has 0 saturated carbocycles. The highest BCUT2D eigenvalue weighted by molar-refractivity contribution is 7.90. The van der Waals surface area contributed by atoms with Crippen LogP contribution in [-0.2, 0) is 25.2 Å². The molecule has 2 aromatic rings. The maximum atomic E-state index is 13.2. The van der Waals surface area contributed by atoms with Gasteiger partial charge in [-0.15, -0.1) is 0 Å². The molecule has 0 unspecified atom stereocenters. The number of amides is 2. The van der Waals surface area contributed by atoms with Crippen molar-refractivity contribution in [3.8, 4) is 5.75 Å². The molecule has 1 aliphatic heterocycles. The van der Waals surface area contributed by atoms with Crippen LogP contribution in [0.1, 0.15) is 49.8 Å². The van der Waals surface area contributed by atoms with Crippen LogP contribution in [-0.4, -0.2) is 38.8 Å². The van der Waals surface area contributed by atoms with Crippen molar-refractivity contribution in [3.05, 3.63) is 70.8 Å². The van der Waals surface area contributed by atoms with E-state index in [1.165, 1.54) is 6.92 Å². The summed E-state index contributed by atoms with van der Waals surface area (Å²) in [6, 6.07) is 13.8. The molecule has 2 N–H and O–H groups in total. The molecular weight excluding hydrogens is 509 g/mol. The van der Waals surface area contributed by atoms with Gasteiger partial charge in [0.15, 0.2) is 0 Å². The summed E-state index contributed by atoms with van der Waals surface area (Å²) in [5, 5.41) is 2.83. The Morgan fingerprint density at radius 3 is 2.30 bits per heavy atom. The van der Waals surface area contributed by atoms with Gasteiger partial charge >= 0.3 is 6.18 Å². The van der Waals surface area contributed by atoms with Gasteiger partial charge in [-0.3, -0.25) is 9.59 Å². The lowest BCUT2D eigenvalue weighted by atomic mass is 9.78. The molecule has 0 radical (unpaired) electrons. The molecule has 0 saturated heterocycles. The standard InChI is InChI=1S/C26H29F3N2O5S/c1-4-37(34,35)31-24(33)22-21(18-8-6-17(2)7-9-18)16-25(3,30-23(22)32)19-10-12-20(13-11-19)36-15-5-14-26(27,28)29/h6-13H,4-5,14-16H2,1-3H3,(H,30,32)(H,31,33)/t25-/m0/s1. The van der Waals surface area contributed by atoms with Crippen LogP contribution in [0.4, 0.5) is 13.2 Å². The van der Waals surface area contributed by atoms with E-state index in [0.717, 1.165) is 5.56 Å². The van der Waals surface area contributed by atoms with Crippen LogP contribution in [0.3, 0.4) is 0 Å². The van der Waals surface area contributed by atoms with E-state index >= 15 is 0 Å². The van der Waals surface area contributed by atoms with E-state index in [4.69, 9.17) is 4.74 Å². The number of benzene rings is 2. The minimum atomic E-state index is -4.24. The van der Waals surface area contributed by atoms with Crippen LogP contribution in [0.2, 0.25) is 0 Å². The number of rotatable bonds is 9. The zero-order valence-corrected chi connectivity index (χ0v) is 21.6. The van der Waals surface area contributed by atoms with E-state index in [9.17, 15) is 31.2 Å². The Bertz CT molecular complexity index is 1290. The Morgan fingerprint density at radius 2 is 1.73 bits per heavy atom. The van der Waals surface area contributed by atoms with Crippen molar-refractivity contribution in [2.75, 3.05) is 12.4 Å². The molecule has 11 heteroatoms. The lowest BCUT2D eigenvalue weighted by molar-refractivity contribution is -0.136. The number of hydrogen-bond acceptors (Lipinski definition) is 5. The number of carbonyl (C=O) groups excluding carboxylic acids is 2. The van der Waals surface area contributed by atoms with Gasteiger partial charge in [0.05, 0.1) is 17.9 Å². The third-order valence-electron chi connectivity index (χ3n) is 6.07. The molecule has 200 valence electrons. The number of hydrogen-bond donors (Lipinski definition) is 2. The number of aryl methyl sites for hydroxylation is 1. The molecule has 1 heterocycles. The van der Waals surface area contributed by atoms with E-state index in [1.54, 1.807) is 43.3 Å². The fourth-order valence-electron chi connectivity index (χ4n) is 4.00. The Hall–Kier alpha value is -3.34. The minimum Gasteiger partial charge on any atom is -0.494 e. The summed E-state index contributed by atoms with van der Waals surface area (Å²) in [5.41, 5.74) is 1.41. The van der Waals surface area contributed by atoms with Gasteiger partial charge in [0.25, 0.3) is 11.8 Å². The SMILES string of the molecule is CCS(=O)(=O)NC(=O)C1=C(c2ccc(C)cc2)C[C@@](C)(c2ccc(OCCCC(F)(F)F)cc2)NC1=O. The number of halogens is 3. The quantitative estimate of drug-likeness (QED) is 0.365. The van der Waals surface area contributed by atoms with E-state index < -0.39 is 40.0 Å². The van der Waals surface area contributed by atoms with Crippen LogP contribution in [0.5, 0.6) is 5.75 Å². The molecule has 3 rings (SSSR count). The fraction of sp³-hybridized carbons (Fsp3) is 0.385. The topological polar surface area (TPSA) is 102 Å². The molecule has 2 amide bonds. The summed E-state index contributed by atoms with van der Waals surface area (Å²) in [6.07, 6.45) is -5.15. The van der Waals surface area contributed by atoms with Gasteiger partial charge in [-0.05, 0) is 56.0 Å². The van der Waals surface area contributed by atoms with Crippen LogP contribution >= 0.6 is 0 Å². The van der Waals surface area contributed by atoms with Crippen molar-refractivity contribution in [2.24, 2.45) is 0 Å². The number of carbonyl (C=O) groups is 2. The van der Waals surface area contributed by atoms with E-state index in [-0.39, 0.29) is 30.8 Å². The summed E-state index contributed by atoms with van der Waals surface area (Å²) < 4.78 is 68.3. The second-order valence-corrected chi connectivity index (χ2v) is 11.1. The summed E-state index contributed by atoms with van der Waals surface area (Å²) in [7, 11) is -3.90. The number of alkyl halides is 3. The van der Waals surface area contributed by atoms with Crippen molar-refractivity contribution in [2.45, 2.75) is 51.7 Å². The zero-order chi connectivity index (χ0) is 27.4. The van der Waals surface area contributed by atoms with Gasteiger partial charge < -0.3 is 10.1 Å². The highest BCUT2D eigenvalue weighted by Gasteiger charge is 2.40. The minimum absolute atomic E-state index is 0.0910. The predicted octanol–water partition coefficient (Wildman–Crippen LogP) is 4.37. The molecule has 0 aliphatic carbocycles. The Balaban J connectivity index is 1.90. The maximum Gasteiger partial charge on any atom is 0.389 e. The first-order valence-electron chi connectivity index (χ1n) is 11.7. The monoisotopic (exact) mass is 538 g/mol. The Morgan fingerprint density at radius 1 is 1.11 bits per heavy atom. The largest absolute Gasteiger partial charge is 0.494 e. The first-order chi connectivity index (χ1) is 17.2. The molecule has 1 aliphatic rings. The van der Waals surface area contributed by atoms with E-state index in [2.05, 4.69) is 5.32 Å². The summed E-state index contributed by atoms with van der Waals surface area (Å²) >= 11 is 0. The van der Waals surface area contributed by atoms with Crippen molar-refractivity contribution >= 4 is 27.4 Å². The Kier molecular flexibility index (Phi) is 8.36. The molecule has 37 heavy (non-hydrogen) atoms. The van der Waals surface area contributed by atoms with Crippen LogP contribution < -0.4 is 14.8 Å². The van der Waals surface area contributed by atoms with E-state index in [1.807, 2.05) is 23.8 Å². The molecule has 7 nitrogen and oxygen atoms in total. The number of ether oxygens (including phenoxy) is 1. The fourth-order valence-corrected chi connectivity index (χ4v) is 4.53.